The van der Waals surface area contributed by atoms with Gasteiger partial charge < -0.3 is 15.7 Å². The lowest BCUT2D eigenvalue weighted by molar-refractivity contribution is -0.141. The summed E-state index contributed by atoms with van der Waals surface area (Å²) in [5.41, 5.74) is 7.61. The van der Waals surface area contributed by atoms with E-state index in [9.17, 15) is 9.59 Å². The molecule has 0 saturated carbocycles. The summed E-state index contributed by atoms with van der Waals surface area (Å²) in [6.45, 7) is 0.246. The molecule has 2 aromatic carbocycles. The quantitative estimate of drug-likeness (QED) is 0.842. The first-order valence-corrected chi connectivity index (χ1v) is 8.85. The maximum atomic E-state index is 12.0. The molecule has 1 aliphatic rings. The van der Waals surface area contributed by atoms with Gasteiger partial charge in [0.15, 0.2) is 0 Å². The number of halogens is 1. The summed E-state index contributed by atoms with van der Waals surface area (Å²) in [6.07, 6.45) is 1.85. The molecule has 1 heterocycles. The van der Waals surface area contributed by atoms with Crippen LogP contribution in [0.2, 0.25) is 5.02 Å². The highest BCUT2D eigenvalue weighted by molar-refractivity contribution is 6.30. The molecule has 1 saturated heterocycles. The molecular formula is C20H23ClN2O3. The van der Waals surface area contributed by atoms with Crippen molar-refractivity contribution in [1.29, 1.82) is 0 Å². The third-order valence-corrected chi connectivity index (χ3v) is 4.55. The number of hydrogen-bond acceptors (Lipinski definition) is 3. The van der Waals surface area contributed by atoms with Gasteiger partial charge in [-0.2, -0.15) is 0 Å². The number of anilines is 1. The number of aryl methyl sites for hydroxylation is 2. The van der Waals surface area contributed by atoms with Crippen LogP contribution in [0, 0.1) is 5.92 Å². The highest BCUT2D eigenvalue weighted by Crippen LogP contribution is 2.25. The summed E-state index contributed by atoms with van der Waals surface area (Å²) in [6, 6.07) is 15.6. The highest BCUT2D eigenvalue weighted by atomic mass is 35.5. The Hall–Kier alpha value is -2.37. The van der Waals surface area contributed by atoms with Crippen LogP contribution in [-0.2, 0) is 22.4 Å². The van der Waals surface area contributed by atoms with E-state index >= 15 is 0 Å². The third-order valence-electron chi connectivity index (χ3n) is 4.31. The van der Waals surface area contributed by atoms with Gasteiger partial charge in [-0.05, 0) is 55.3 Å². The zero-order chi connectivity index (χ0) is 19.1. The summed E-state index contributed by atoms with van der Waals surface area (Å²) in [7, 11) is 1.50. The van der Waals surface area contributed by atoms with Gasteiger partial charge in [0.25, 0.3) is 0 Å². The van der Waals surface area contributed by atoms with Crippen molar-refractivity contribution in [2.24, 2.45) is 11.7 Å². The number of nitrogens with two attached hydrogens (primary N) is 1. The number of carboxylic acids is 1. The molecule has 2 aromatic rings. The van der Waals surface area contributed by atoms with Gasteiger partial charge in [0, 0.05) is 23.7 Å². The third kappa shape index (κ3) is 5.07. The molecule has 1 aliphatic heterocycles. The Bertz CT molecular complexity index is 762. The van der Waals surface area contributed by atoms with E-state index in [4.69, 9.17) is 16.7 Å². The molecule has 0 aliphatic carbocycles. The molecule has 1 unspecified atom stereocenters. The second kappa shape index (κ2) is 9.36. The van der Waals surface area contributed by atoms with E-state index in [1.54, 1.807) is 4.90 Å². The molecule has 5 nitrogen and oxygen atoms in total. The van der Waals surface area contributed by atoms with Crippen molar-refractivity contribution in [2.75, 3.05) is 18.5 Å². The van der Waals surface area contributed by atoms with E-state index in [1.165, 1.54) is 18.2 Å². The fraction of sp³-hybridized carbons (Fsp3) is 0.300. The first kappa shape index (κ1) is 19.9. The highest BCUT2D eigenvalue weighted by Gasteiger charge is 2.34. The smallest absolute Gasteiger partial charge is 0.308 e. The molecule has 0 radical (unpaired) electrons. The minimum absolute atomic E-state index is 0.0752. The lowest BCUT2D eigenvalue weighted by Crippen LogP contribution is -2.25. The average Bonchev–Trinajstić information content (AvgIpc) is 3.04. The lowest BCUT2D eigenvalue weighted by atomic mass is 10.0. The molecule has 0 bridgehead atoms. The van der Waals surface area contributed by atoms with Crippen LogP contribution < -0.4 is 10.6 Å². The summed E-state index contributed by atoms with van der Waals surface area (Å²) in [4.78, 5) is 24.6. The molecule has 6 heteroatoms. The number of amides is 1. The Balaban J connectivity index is 0.00000117. The van der Waals surface area contributed by atoms with E-state index in [0.717, 1.165) is 23.6 Å². The van der Waals surface area contributed by atoms with Gasteiger partial charge >= 0.3 is 5.97 Å². The van der Waals surface area contributed by atoms with Crippen molar-refractivity contribution >= 4 is 29.2 Å². The van der Waals surface area contributed by atoms with E-state index in [1.807, 2.05) is 42.5 Å². The van der Waals surface area contributed by atoms with Gasteiger partial charge in [0.1, 0.15) is 0 Å². The molecule has 1 amide bonds. The number of carboxylic acid groups (broad SMARTS) is 1. The first-order chi connectivity index (χ1) is 12.5. The zero-order valence-electron chi connectivity index (χ0n) is 14.7. The monoisotopic (exact) mass is 374 g/mol. The number of carbonyl (C=O) groups is 2. The number of hydrogen-bond donors (Lipinski definition) is 2. The first-order valence-electron chi connectivity index (χ1n) is 8.47. The van der Waals surface area contributed by atoms with Crippen LogP contribution in [0.3, 0.4) is 0 Å². The van der Waals surface area contributed by atoms with Crippen LogP contribution in [-0.4, -0.2) is 30.6 Å². The van der Waals surface area contributed by atoms with Gasteiger partial charge in [-0.25, -0.2) is 0 Å². The number of nitrogens with zero attached hydrogens (tertiary/aromatic N) is 1. The average molecular weight is 375 g/mol. The molecule has 3 N–H and O–H groups in total. The number of aliphatic carboxylic acids is 1. The Morgan fingerprint density at radius 2 is 1.81 bits per heavy atom. The van der Waals surface area contributed by atoms with Crippen LogP contribution in [0.15, 0.2) is 48.5 Å². The van der Waals surface area contributed by atoms with Gasteiger partial charge in [-0.1, -0.05) is 35.9 Å². The van der Waals surface area contributed by atoms with Crippen LogP contribution in [0.1, 0.15) is 17.5 Å². The summed E-state index contributed by atoms with van der Waals surface area (Å²) < 4.78 is 0. The van der Waals surface area contributed by atoms with Crippen molar-refractivity contribution in [2.45, 2.75) is 19.3 Å². The fourth-order valence-electron chi connectivity index (χ4n) is 2.95. The van der Waals surface area contributed by atoms with Gasteiger partial charge in [0.05, 0.1) is 5.92 Å². The lowest BCUT2D eigenvalue weighted by Gasteiger charge is -2.16. The van der Waals surface area contributed by atoms with E-state index in [0.29, 0.717) is 0 Å². The fourth-order valence-corrected chi connectivity index (χ4v) is 3.16. The predicted octanol–water partition coefficient (Wildman–Crippen LogP) is 3.14. The van der Waals surface area contributed by atoms with Crippen molar-refractivity contribution in [1.82, 2.24) is 0 Å². The van der Waals surface area contributed by atoms with Gasteiger partial charge in [-0.15, -0.1) is 0 Å². The molecule has 138 valence electrons. The maximum absolute atomic E-state index is 12.0. The van der Waals surface area contributed by atoms with Gasteiger partial charge in [-0.3, -0.25) is 9.59 Å². The van der Waals surface area contributed by atoms with E-state index in [-0.39, 0.29) is 18.9 Å². The number of benzene rings is 2. The standard InChI is InChI=1S/C19H18ClNO3.CH5N/c20-16-3-1-2-14(10-16)5-4-13-6-8-17(9-7-13)21-12-15(19(23)24)11-18(21)22;1-2/h1-3,6-10,15H,4-5,11-12H2,(H,23,24);2H2,1H3. The Kier molecular flexibility index (Phi) is 7.18. The van der Waals surface area contributed by atoms with Crippen molar-refractivity contribution < 1.29 is 14.7 Å². The Morgan fingerprint density at radius 1 is 1.15 bits per heavy atom. The normalized spacial score (nSPS) is 16.2. The molecule has 0 aromatic heterocycles. The number of rotatable bonds is 5. The van der Waals surface area contributed by atoms with E-state index < -0.39 is 11.9 Å². The molecular weight excluding hydrogens is 352 g/mol. The van der Waals surface area contributed by atoms with Crippen molar-refractivity contribution in [3.8, 4) is 0 Å². The van der Waals surface area contributed by atoms with E-state index in [2.05, 4.69) is 11.8 Å². The van der Waals surface area contributed by atoms with Crippen LogP contribution in [0.5, 0.6) is 0 Å². The van der Waals surface area contributed by atoms with Crippen molar-refractivity contribution in [3.05, 3.63) is 64.7 Å². The molecule has 1 atom stereocenters. The topological polar surface area (TPSA) is 83.6 Å². The second-order valence-electron chi connectivity index (χ2n) is 6.04. The van der Waals surface area contributed by atoms with Crippen molar-refractivity contribution in [3.63, 3.8) is 0 Å². The number of carbonyl (C=O) groups excluding carboxylic acids is 1. The summed E-state index contributed by atoms with van der Waals surface area (Å²) >= 11 is 5.99. The molecule has 26 heavy (non-hydrogen) atoms. The minimum atomic E-state index is -0.913. The maximum Gasteiger partial charge on any atom is 0.308 e. The summed E-state index contributed by atoms with van der Waals surface area (Å²) in [5.74, 6) is -1.65. The Labute approximate surface area is 158 Å². The van der Waals surface area contributed by atoms with Gasteiger partial charge in [0.2, 0.25) is 5.91 Å². The zero-order valence-corrected chi connectivity index (χ0v) is 15.4. The van der Waals surface area contributed by atoms with Crippen LogP contribution in [0.25, 0.3) is 0 Å². The minimum Gasteiger partial charge on any atom is -0.481 e. The Morgan fingerprint density at radius 3 is 2.38 bits per heavy atom. The van der Waals surface area contributed by atoms with Crippen LogP contribution in [0.4, 0.5) is 5.69 Å². The second-order valence-corrected chi connectivity index (χ2v) is 6.48. The predicted molar refractivity (Wildman–Crippen MR) is 104 cm³/mol. The largest absolute Gasteiger partial charge is 0.481 e. The molecule has 3 rings (SSSR count). The molecule has 1 fully saturated rings. The summed E-state index contributed by atoms with van der Waals surface area (Å²) in [5, 5.41) is 9.79. The van der Waals surface area contributed by atoms with Crippen LogP contribution >= 0.6 is 11.6 Å². The molecule has 0 spiro atoms. The SMILES string of the molecule is CN.O=C(O)C1CC(=O)N(c2ccc(CCc3cccc(Cl)c3)cc2)C1.